The Labute approximate surface area is 106 Å². The van der Waals surface area contributed by atoms with Gasteiger partial charge in [0.05, 0.1) is 17.6 Å². The highest BCUT2D eigenvalue weighted by Crippen LogP contribution is 2.26. The van der Waals surface area contributed by atoms with Gasteiger partial charge in [-0.15, -0.1) is 0 Å². The third-order valence-corrected chi connectivity index (χ3v) is 2.34. The third kappa shape index (κ3) is 4.21. The van der Waals surface area contributed by atoms with Crippen LogP contribution in [-0.2, 0) is 0 Å². The summed E-state index contributed by atoms with van der Waals surface area (Å²) in [6, 6.07) is 4.69. The molecule has 0 saturated carbocycles. The van der Waals surface area contributed by atoms with Crippen LogP contribution in [0, 0.1) is 10.1 Å². The van der Waals surface area contributed by atoms with E-state index in [4.69, 9.17) is 10.5 Å². The Hall–Kier alpha value is -1.82. The Morgan fingerprint density at radius 3 is 2.78 bits per heavy atom. The molecule has 6 nitrogen and oxygen atoms in total. The van der Waals surface area contributed by atoms with Crippen LogP contribution in [0.25, 0.3) is 0 Å². The fourth-order valence-corrected chi connectivity index (χ4v) is 1.42. The Morgan fingerprint density at radius 2 is 2.22 bits per heavy atom. The van der Waals surface area contributed by atoms with Gasteiger partial charge < -0.3 is 15.8 Å². The van der Waals surface area contributed by atoms with Gasteiger partial charge in [0.15, 0.2) is 0 Å². The van der Waals surface area contributed by atoms with Gasteiger partial charge in [-0.2, -0.15) is 0 Å². The molecule has 3 N–H and O–H groups in total. The van der Waals surface area contributed by atoms with E-state index < -0.39 is 4.92 Å². The van der Waals surface area contributed by atoms with Gasteiger partial charge in [0.25, 0.3) is 5.69 Å². The van der Waals surface area contributed by atoms with E-state index in [1.807, 2.05) is 13.8 Å². The molecule has 18 heavy (non-hydrogen) atoms. The van der Waals surface area contributed by atoms with E-state index in [0.29, 0.717) is 24.6 Å². The highest BCUT2D eigenvalue weighted by Gasteiger charge is 2.11. The van der Waals surface area contributed by atoms with Gasteiger partial charge in [0.1, 0.15) is 5.75 Å². The lowest BCUT2D eigenvalue weighted by atomic mass is 10.2. The molecule has 1 aromatic carbocycles. The fraction of sp³-hybridized carbons (Fsp3) is 0.500. The van der Waals surface area contributed by atoms with E-state index in [0.717, 1.165) is 6.42 Å². The van der Waals surface area contributed by atoms with E-state index in [-0.39, 0.29) is 11.7 Å². The Bertz CT molecular complexity index is 410. The van der Waals surface area contributed by atoms with Crippen molar-refractivity contribution in [1.82, 2.24) is 0 Å². The lowest BCUT2D eigenvalue weighted by molar-refractivity contribution is -0.384. The minimum atomic E-state index is -0.433. The maximum atomic E-state index is 10.8. The molecule has 1 rings (SSSR count). The molecule has 0 heterocycles. The van der Waals surface area contributed by atoms with Crippen LogP contribution in [0.5, 0.6) is 5.75 Å². The van der Waals surface area contributed by atoms with Crippen LogP contribution in [0.15, 0.2) is 18.2 Å². The number of nitro benzene ring substituents is 1. The molecule has 0 aliphatic heterocycles. The monoisotopic (exact) mass is 253 g/mol. The first-order valence-electron chi connectivity index (χ1n) is 5.95. The van der Waals surface area contributed by atoms with Crippen molar-refractivity contribution in [3.05, 3.63) is 28.3 Å². The molecule has 6 heteroatoms. The van der Waals surface area contributed by atoms with Crippen LogP contribution in [0.2, 0.25) is 0 Å². The normalized spacial score (nSPS) is 11.9. The van der Waals surface area contributed by atoms with Crippen molar-refractivity contribution in [3.8, 4) is 5.75 Å². The molecule has 0 amide bonds. The van der Waals surface area contributed by atoms with Crippen molar-refractivity contribution in [3.63, 3.8) is 0 Å². The molecule has 0 aliphatic rings. The largest absolute Gasteiger partial charge is 0.493 e. The number of nitro groups is 1. The van der Waals surface area contributed by atoms with Crippen LogP contribution in [0.1, 0.15) is 20.3 Å². The molecule has 1 aromatic rings. The SMILES string of the molecule is CCCOc1cc(NC(C)CN)cc([N+](=O)[O-])c1. The zero-order chi connectivity index (χ0) is 13.5. The molecule has 0 radical (unpaired) electrons. The van der Waals surface area contributed by atoms with Gasteiger partial charge >= 0.3 is 0 Å². The smallest absolute Gasteiger partial charge is 0.275 e. The topological polar surface area (TPSA) is 90.4 Å². The summed E-state index contributed by atoms with van der Waals surface area (Å²) in [5, 5.41) is 13.9. The first-order chi connectivity index (χ1) is 8.56. The maximum absolute atomic E-state index is 10.8. The highest BCUT2D eigenvalue weighted by molar-refractivity contribution is 5.56. The number of benzene rings is 1. The van der Waals surface area contributed by atoms with Crippen molar-refractivity contribution in [1.29, 1.82) is 0 Å². The van der Waals surface area contributed by atoms with Gasteiger partial charge in [-0.3, -0.25) is 10.1 Å². The Balaban J connectivity index is 2.94. The summed E-state index contributed by atoms with van der Waals surface area (Å²) in [5.74, 6) is 0.498. The zero-order valence-electron chi connectivity index (χ0n) is 10.7. The van der Waals surface area contributed by atoms with Gasteiger partial charge in [0.2, 0.25) is 0 Å². The third-order valence-electron chi connectivity index (χ3n) is 2.34. The average molecular weight is 253 g/mol. The van der Waals surface area contributed by atoms with E-state index in [2.05, 4.69) is 5.32 Å². The number of non-ortho nitro benzene ring substituents is 1. The zero-order valence-corrected chi connectivity index (χ0v) is 10.7. The number of anilines is 1. The summed E-state index contributed by atoms with van der Waals surface area (Å²) in [6.07, 6.45) is 0.852. The number of nitrogens with two attached hydrogens (primary N) is 1. The number of rotatable bonds is 7. The van der Waals surface area contributed by atoms with Crippen molar-refractivity contribution in [2.24, 2.45) is 5.73 Å². The minimum absolute atomic E-state index is 0.00956. The summed E-state index contributed by atoms with van der Waals surface area (Å²) >= 11 is 0. The van der Waals surface area contributed by atoms with Crippen molar-refractivity contribution in [2.45, 2.75) is 26.3 Å². The molecular weight excluding hydrogens is 234 g/mol. The standard InChI is InChI=1S/C12H19N3O3/c1-3-4-18-12-6-10(14-9(2)8-13)5-11(7-12)15(16)17/h5-7,9,14H,3-4,8,13H2,1-2H3. The van der Waals surface area contributed by atoms with Crippen molar-refractivity contribution < 1.29 is 9.66 Å². The van der Waals surface area contributed by atoms with Crippen LogP contribution < -0.4 is 15.8 Å². The van der Waals surface area contributed by atoms with Crippen LogP contribution in [-0.4, -0.2) is 24.1 Å². The molecule has 0 fully saturated rings. The van der Waals surface area contributed by atoms with Gasteiger partial charge in [-0.05, 0) is 13.3 Å². The van der Waals surface area contributed by atoms with Gasteiger partial charge in [-0.1, -0.05) is 6.92 Å². The minimum Gasteiger partial charge on any atom is -0.493 e. The van der Waals surface area contributed by atoms with Crippen molar-refractivity contribution >= 4 is 11.4 Å². The number of nitrogens with one attached hydrogen (secondary N) is 1. The number of hydrogen-bond acceptors (Lipinski definition) is 5. The first-order valence-corrected chi connectivity index (χ1v) is 5.95. The van der Waals surface area contributed by atoms with E-state index in [1.165, 1.54) is 12.1 Å². The van der Waals surface area contributed by atoms with Crippen LogP contribution >= 0.6 is 0 Å². The van der Waals surface area contributed by atoms with Gasteiger partial charge in [-0.25, -0.2) is 0 Å². The van der Waals surface area contributed by atoms with Gasteiger partial charge in [0, 0.05) is 30.4 Å². The summed E-state index contributed by atoms with van der Waals surface area (Å²) < 4.78 is 5.43. The number of ether oxygens (including phenoxy) is 1. The predicted molar refractivity (Wildman–Crippen MR) is 71.0 cm³/mol. The Morgan fingerprint density at radius 1 is 1.50 bits per heavy atom. The highest BCUT2D eigenvalue weighted by atomic mass is 16.6. The molecule has 0 saturated heterocycles. The predicted octanol–water partition coefficient (Wildman–Crippen LogP) is 2.14. The number of nitrogens with zero attached hydrogens (tertiary/aromatic N) is 1. The second-order valence-electron chi connectivity index (χ2n) is 4.10. The molecule has 0 bridgehead atoms. The molecule has 100 valence electrons. The fourth-order valence-electron chi connectivity index (χ4n) is 1.42. The molecule has 0 aromatic heterocycles. The van der Waals surface area contributed by atoms with E-state index in [9.17, 15) is 10.1 Å². The van der Waals surface area contributed by atoms with E-state index >= 15 is 0 Å². The molecular formula is C12H19N3O3. The van der Waals surface area contributed by atoms with Crippen LogP contribution in [0.3, 0.4) is 0 Å². The second kappa shape index (κ2) is 6.80. The Kier molecular flexibility index (Phi) is 5.38. The lowest BCUT2D eigenvalue weighted by Crippen LogP contribution is -2.25. The molecule has 0 spiro atoms. The summed E-state index contributed by atoms with van der Waals surface area (Å²) in [4.78, 5) is 10.4. The van der Waals surface area contributed by atoms with Crippen LogP contribution in [0.4, 0.5) is 11.4 Å². The first kappa shape index (κ1) is 14.2. The summed E-state index contributed by atoms with van der Waals surface area (Å²) in [6.45, 7) is 4.87. The quantitative estimate of drug-likeness (QED) is 0.574. The lowest BCUT2D eigenvalue weighted by Gasteiger charge is -2.14. The molecule has 1 unspecified atom stereocenters. The molecule has 0 aliphatic carbocycles. The summed E-state index contributed by atoms with van der Waals surface area (Å²) in [7, 11) is 0. The maximum Gasteiger partial charge on any atom is 0.275 e. The van der Waals surface area contributed by atoms with Crippen molar-refractivity contribution in [2.75, 3.05) is 18.5 Å². The average Bonchev–Trinajstić information content (AvgIpc) is 2.35. The van der Waals surface area contributed by atoms with E-state index in [1.54, 1.807) is 6.07 Å². The second-order valence-corrected chi connectivity index (χ2v) is 4.10. The number of hydrogen-bond donors (Lipinski definition) is 2. The summed E-state index contributed by atoms with van der Waals surface area (Å²) in [5.41, 5.74) is 6.16. The molecule has 1 atom stereocenters.